The van der Waals surface area contributed by atoms with Crippen molar-refractivity contribution in [3.63, 3.8) is 0 Å². The Morgan fingerprint density at radius 1 is 0.545 bits per heavy atom. The Balaban J connectivity index is 2.07. The van der Waals surface area contributed by atoms with E-state index in [1.54, 1.807) is 0 Å². The molecule has 0 aliphatic heterocycles. The lowest BCUT2D eigenvalue weighted by molar-refractivity contribution is 1.45. The standard InChI is InChI=1S/C20H13BrS/c21-19-15-10-4-6-12-17(15)20(18-13-7-5-11-16(18)19)22-14-8-2-1-3-9-14/h1-13H. The summed E-state index contributed by atoms with van der Waals surface area (Å²) in [6, 6.07) is 27.7. The van der Waals surface area contributed by atoms with E-state index in [2.05, 4.69) is 94.8 Å². The second-order valence-corrected chi connectivity index (χ2v) is 7.03. The number of hydrogen-bond acceptors (Lipinski definition) is 1. The predicted molar refractivity (Wildman–Crippen MR) is 99.7 cm³/mol. The van der Waals surface area contributed by atoms with Crippen LogP contribution in [0.2, 0.25) is 0 Å². The molecule has 4 rings (SSSR count). The second-order valence-electron chi connectivity index (χ2n) is 5.15. The van der Waals surface area contributed by atoms with Crippen LogP contribution in [0.1, 0.15) is 0 Å². The molecular weight excluding hydrogens is 352 g/mol. The van der Waals surface area contributed by atoms with E-state index in [0.717, 1.165) is 0 Å². The summed E-state index contributed by atoms with van der Waals surface area (Å²) < 4.78 is 1.18. The minimum absolute atomic E-state index is 1.18. The fraction of sp³-hybridized carbons (Fsp3) is 0. The summed E-state index contributed by atoms with van der Waals surface area (Å²) in [4.78, 5) is 2.58. The van der Waals surface area contributed by atoms with Crippen molar-refractivity contribution in [2.45, 2.75) is 9.79 Å². The molecule has 0 saturated heterocycles. The minimum atomic E-state index is 1.18. The molecule has 0 fully saturated rings. The summed E-state index contributed by atoms with van der Waals surface area (Å²) in [5.74, 6) is 0. The van der Waals surface area contributed by atoms with Crippen LogP contribution in [0.5, 0.6) is 0 Å². The first-order chi connectivity index (χ1) is 10.8. The molecular formula is C20H13BrS. The van der Waals surface area contributed by atoms with E-state index in [9.17, 15) is 0 Å². The molecule has 0 aliphatic rings. The smallest absolute Gasteiger partial charge is 0.0332 e. The lowest BCUT2D eigenvalue weighted by atomic mass is 10.0. The molecule has 0 atom stereocenters. The van der Waals surface area contributed by atoms with E-state index in [-0.39, 0.29) is 0 Å². The van der Waals surface area contributed by atoms with Gasteiger partial charge in [-0.1, -0.05) is 78.5 Å². The van der Waals surface area contributed by atoms with Gasteiger partial charge >= 0.3 is 0 Å². The molecule has 0 amide bonds. The van der Waals surface area contributed by atoms with E-state index >= 15 is 0 Å². The van der Waals surface area contributed by atoms with Gasteiger partial charge in [0.25, 0.3) is 0 Å². The highest BCUT2D eigenvalue weighted by Crippen LogP contribution is 2.43. The van der Waals surface area contributed by atoms with Crippen LogP contribution in [-0.4, -0.2) is 0 Å². The predicted octanol–water partition coefficient (Wildman–Crippen LogP) is 6.91. The zero-order chi connectivity index (χ0) is 14.9. The quantitative estimate of drug-likeness (QED) is 0.348. The van der Waals surface area contributed by atoms with Gasteiger partial charge in [-0.15, -0.1) is 0 Å². The topological polar surface area (TPSA) is 0 Å². The van der Waals surface area contributed by atoms with Crippen LogP contribution >= 0.6 is 27.7 Å². The first kappa shape index (κ1) is 13.9. The SMILES string of the molecule is Brc1c2ccccc2c(Sc2ccccc2)c2ccccc12. The summed E-state index contributed by atoms with van der Waals surface area (Å²) in [5, 5.41) is 5.11. The van der Waals surface area contributed by atoms with Crippen molar-refractivity contribution in [3.8, 4) is 0 Å². The Morgan fingerprint density at radius 3 is 1.55 bits per heavy atom. The monoisotopic (exact) mass is 364 g/mol. The number of benzene rings is 4. The van der Waals surface area contributed by atoms with Crippen LogP contribution in [0.3, 0.4) is 0 Å². The molecule has 22 heavy (non-hydrogen) atoms. The molecule has 0 aliphatic carbocycles. The molecule has 0 bridgehead atoms. The summed E-state index contributed by atoms with van der Waals surface area (Å²) in [7, 11) is 0. The van der Waals surface area contributed by atoms with Gasteiger partial charge in [0.1, 0.15) is 0 Å². The van der Waals surface area contributed by atoms with Crippen molar-refractivity contribution in [1.82, 2.24) is 0 Å². The highest BCUT2D eigenvalue weighted by molar-refractivity contribution is 9.10. The molecule has 0 heterocycles. The molecule has 0 aromatic heterocycles. The van der Waals surface area contributed by atoms with E-state index in [1.807, 2.05) is 11.8 Å². The van der Waals surface area contributed by atoms with Crippen LogP contribution < -0.4 is 0 Å². The molecule has 0 nitrogen and oxygen atoms in total. The molecule has 0 saturated carbocycles. The molecule has 0 unspecified atom stereocenters. The van der Waals surface area contributed by atoms with Crippen LogP contribution in [0, 0.1) is 0 Å². The zero-order valence-corrected chi connectivity index (χ0v) is 14.2. The molecule has 2 heteroatoms. The van der Waals surface area contributed by atoms with E-state index in [0.29, 0.717) is 0 Å². The third kappa shape index (κ3) is 2.33. The average Bonchev–Trinajstić information content (AvgIpc) is 2.59. The van der Waals surface area contributed by atoms with Crippen LogP contribution in [0.4, 0.5) is 0 Å². The van der Waals surface area contributed by atoms with Gasteiger partial charge in [0.15, 0.2) is 0 Å². The Morgan fingerprint density at radius 2 is 1.00 bits per heavy atom. The van der Waals surface area contributed by atoms with Gasteiger partial charge in [-0.2, -0.15) is 0 Å². The summed E-state index contributed by atoms with van der Waals surface area (Å²) >= 11 is 5.63. The Kier molecular flexibility index (Phi) is 3.65. The maximum absolute atomic E-state index is 3.79. The third-order valence-corrected chi connectivity index (χ3v) is 5.79. The van der Waals surface area contributed by atoms with Crippen molar-refractivity contribution in [2.75, 3.05) is 0 Å². The fourth-order valence-electron chi connectivity index (χ4n) is 2.75. The van der Waals surface area contributed by atoms with Crippen molar-refractivity contribution in [2.24, 2.45) is 0 Å². The average molecular weight is 365 g/mol. The first-order valence-electron chi connectivity index (χ1n) is 7.16. The summed E-state index contributed by atoms with van der Waals surface area (Å²) in [6.45, 7) is 0. The number of rotatable bonds is 2. The van der Waals surface area contributed by atoms with Crippen molar-refractivity contribution >= 4 is 49.2 Å². The molecule has 0 radical (unpaired) electrons. The van der Waals surface area contributed by atoms with Crippen LogP contribution in [0.15, 0.2) is 93.1 Å². The normalized spacial score (nSPS) is 11.1. The largest absolute Gasteiger partial charge is 0.0888 e. The van der Waals surface area contributed by atoms with Gasteiger partial charge in [0.05, 0.1) is 0 Å². The third-order valence-electron chi connectivity index (χ3n) is 3.78. The van der Waals surface area contributed by atoms with E-state index < -0.39 is 0 Å². The fourth-order valence-corrected chi connectivity index (χ4v) is 4.55. The van der Waals surface area contributed by atoms with Gasteiger partial charge in [-0.3, -0.25) is 0 Å². The maximum Gasteiger partial charge on any atom is 0.0332 e. The van der Waals surface area contributed by atoms with E-state index in [4.69, 9.17) is 0 Å². The van der Waals surface area contributed by atoms with Crippen molar-refractivity contribution < 1.29 is 0 Å². The molecule has 0 N–H and O–H groups in total. The highest BCUT2D eigenvalue weighted by Gasteiger charge is 2.12. The van der Waals surface area contributed by atoms with Crippen LogP contribution in [0.25, 0.3) is 21.5 Å². The lowest BCUT2D eigenvalue weighted by Gasteiger charge is -2.13. The number of fused-ring (bicyclic) bond motifs is 2. The minimum Gasteiger partial charge on any atom is -0.0888 e. The van der Waals surface area contributed by atoms with Gasteiger partial charge in [-0.25, -0.2) is 0 Å². The van der Waals surface area contributed by atoms with Gasteiger partial charge in [0, 0.05) is 14.3 Å². The van der Waals surface area contributed by atoms with Crippen molar-refractivity contribution in [1.29, 1.82) is 0 Å². The van der Waals surface area contributed by atoms with Gasteiger partial charge in [-0.05, 0) is 49.6 Å². The molecule has 0 spiro atoms. The highest BCUT2D eigenvalue weighted by atomic mass is 79.9. The summed E-state index contributed by atoms with van der Waals surface area (Å²) in [6.07, 6.45) is 0. The maximum atomic E-state index is 3.79. The Bertz CT molecular complexity index is 904. The van der Waals surface area contributed by atoms with Gasteiger partial charge < -0.3 is 0 Å². The number of halogens is 1. The summed E-state index contributed by atoms with van der Waals surface area (Å²) in [5.41, 5.74) is 0. The molecule has 4 aromatic carbocycles. The lowest BCUT2D eigenvalue weighted by Crippen LogP contribution is -1.85. The van der Waals surface area contributed by atoms with Crippen LogP contribution in [-0.2, 0) is 0 Å². The Labute approximate surface area is 142 Å². The number of hydrogen-bond donors (Lipinski definition) is 0. The second kappa shape index (κ2) is 5.79. The Hall–Kier alpha value is -1.77. The molecule has 4 aromatic rings. The zero-order valence-electron chi connectivity index (χ0n) is 11.8. The first-order valence-corrected chi connectivity index (χ1v) is 8.77. The van der Waals surface area contributed by atoms with Gasteiger partial charge in [0.2, 0.25) is 0 Å². The molecule has 106 valence electrons. The van der Waals surface area contributed by atoms with E-state index in [1.165, 1.54) is 35.8 Å². The van der Waals surface area contributed by atoms with Crippen molar-refractivity contribution in [3.05, 3.63) is 83.3 Å².